The summed E-state index contributed by atoms with van der Waals surface area (Å²) in [5, 5.41) is 9.09. The summed E-state index contributed by atoms with van der Waals surface area (Å²) in [6.07, 6.45) is 4.31. The van der Waals surface area contributed by atoms with E-state index >= 15 is 0 Å². The Hall–Kier alpha value is -1.18. The van der Waals surface area contributed by atoms with Crippen LogP contribution < -0.4 is 4.72 Å². The van der Waals surface area contributed by atoms with Crippen LogP contribution in [-0.2, 0) is 14.8 Å². The molecule has 0 heterocycles. The highest BCUT2D eigenvalue weighted by Gasteiger charge is 2.36. The van der Waals surface area contributed by atoms with E-state index in [1.807, 2.05) is 0 Å². The fourth-order valence-electron chi connectivity index (χ4n) is 3.69. The van der Waals surface area contributed by atoms with Gasteiger partial charge in [0.1, 0.15) is 6.17 Å². The molecular weight excluding hydrogens is 393 g/mol. The predicted molar refractivity (Wildman–Crippen MR) is 103 cm³/mol. The van der Waals surface area contributed by atoms with E-state index in [4.69, 9.17) is 16.7 Å². The number of aliphatic carboxylic acids is 1. The Morgan fingerprint density at radius 2 is 1.81 bits per heavy atom. The number of nitrogens with one attached hydrogen (secondary N) is 1. The lowest BCUT2D eigenvalue weighted by Gasteiger charge is -2.21. The molecule has 1 fully saturated rings. The second-order valence-electron chi connectivity index (χ2n) is 7.17. The largest absolute Gasteiger partial charge is 0.481 e. The van der Waals surface area contributed by atoms with E-state index < -0.39 is 22.2 Å². The van der Waals surface area contributed by atoms with Crippen LogP contribution in [0.2, 0.25) is 5.02 Å². The summed E-state index contributed by atoms with van der Waals surface area (Å²) in [5.41, 5.74) is 0. The Balaban J connectivity index is 1.80. The number of alkyl halides is 1. The van der Waals surface area contributed by atoms with Crippen LogP contribution >= 0.6 is 11.6 Å². The van der Waals surface area contributed by atoms with E-state index in [0.717, 1.165) is 19.3 Å². The first-order valence-corrected chi connectivity index (χ1v) is 11.3. The third-order valence-electron chi connectivity index (χ3n) is 5.22. The molecule has 0 unspecified atom stereocenters. The van der Waals surface area contributed by atoms with Gasteiger partial charge in [0.05, 0.1) is 4.90 Å². The summed E-state index contributed by atoms with van der Waals surface area (Å²) in [6.45, 7) is 0.231. The van der Waals surface area contributed by atoms with Crippen molar-refractivity contribution in [3.63, 3.8) is 0 Å². The second kappa shape index (κ2) is 10.4. The minimum absolute atomic E-state index is 0.0129. The summed E-state index contributed by atoms with van der Waals surface area (Å²) >= 11 is 5.79. The molecule has 0 spiro atoms. The number of carbonyl (C=O) groups is 1. The molecular formula is C19H27ClFNO4S. The number of hydrogen-bond donors (Lipinski definition) is 2. The highest BCUT2D eigenvalue weighted by atomic mass is 35.5. The van der Waals surface area contributed by atoms with Crippen molar-refractivity contribution in [2.24, 2.45) is 11.8 Å². The zero-order valence-corrected chi connectivity index (χ0v) is 16.8. The Labute approximate surface area is 165 Å². The van der Waals surface area contributed by atoms with Crippen molar-refractivity contribution < 1.29 is 22.7 Å². The van der Waals surface area contributed by atoms with E-state index in [9.17, 15) is 17.6 Å². The molecule has 152 valence electrons. The smallest absolute Gasteiger partial charge is 0.303 e. The van der Waals surface area contributed by atoms with Gasteiger partial charge in [-0.05, 0) is 61.8 Å². The Morgan fingerprint density at radius 3 is 2.48 bits per heavy atom. The van der Waals surface area contributed by atoms with E-state index in [0.29, 0.717) is 30.7 Å². The molecule has 2 rings (SSSR count). The molecule has 0 aromatic heterocycles. The first-order valence-electron chi connectivity index (χ1n) is 9.40. The third-order valence-corrected chi connectivity index (χ3v) is 6.91. The molecule has 27 heavy (non-hydrogen) atoms. The number of carboxylic acids is 1. The fraction of sp³-hybridized carbons (Fsp3) is 0.632. The van der Waals surface area contributed by atoms with E-state index in [1.54, 1.807) is 0 Å². The monoisotopic (exact) mass is 419 g/mol. The van der Waals surface area contributed by atoms with Crippen molar-refractivity contribution in [3.05, 3.63) is 29.3 Å². The Bertz CT molecular complexity index is 711. The minimum atomic E-state index is -3.63. The third kappa shape index (κ3) is 7.05. The van der Waals surface area contributed by atoms with Crippen molar-refractivity contribution in [3.8, 4) is 0 Å². The standard InChI is InChI=1S/C19H27ClFNO4S/c20-15-8-10-16(11-9-15)27(25,26)22-13-14-7-12-18(21)17(14)5-3-1-2-4-6-19(23)24/h8-11,14,17-18,22H,1-7,12-13H2,(H,23,24)/t14-,17-,18-/m1/s1. The van der Waals surface area contributed by atoms with Gasteiger partial charge in [0, 0.05) is 18.0 Å². The lowest BCUT2D eigenvalue weighted by atomic mass is 9.90. The Kier molecular flexibility index (Phi) is 8.51. The van der Waals surface area contributed by atoms with Gasteiger partial charge in [-0.2, -0.15) is 0 Å². The molecule has 0 saturated heterocycles. The average molecular weight is 420 g/mol. The van der Waals surface area contributed by atoms with E-state index in [1.165, 1.54) is 24.3 Å². The highest BCUT2D eigenvalue weighted by molar-refractivity contribution is 7.89. The molecule has 0 bridgehead atoms. The molecule has 3 atom stereocenters. The molecule has 0 aliphatic heterocycles. The quantitative estimate of drug-likeness (QED) is 0.520. The number of rotatable bonds is 11. The summed E-state index contributed by atoms with van der Waals surface area (Å²) < 4.78 is 41.6. The number of benzene rings is 1. The molecule has 1 aromatic rings. The van der Waals surface area contributed by atoms with Crippen LogP contribution in [0.15, 0.2) is 29.2 Å². The van der Waals surface area contributed by atoms with E-state index in [-0.39, 0.29) is 29.7 Å². The first-order chi connectivity index (χ1) is 12.8. The fourth-order valence-corrected chi connectivity index (χ4v) is 4.91. The van der Waals surface area contributed by atoms with Crippen LogP contribution in [0.3, 0.4) is 0 Å². The summed E-state index contributed by atoms with van der Waals surface area (Å²) in [6, 6.07) is 5.95. The average Bonchev–Trinajstić information content (AvgIpc) is 2.96. The van der Waals surface area contributed by atoms with Gasteiger partial charge >= 0.3 is 5.97 Å². The van der Waals surface area contributed by atoms with Crippen LogP contribution in [-0.4, -0.2) is 32.2 Å². The van der Waals surface area contributed by atoms with Gasteiger partial charge in [-0.3, -0.25) is 4.79 Å². The van der Waals surface area contributed by atoms with Gasteiger partial charge in [-0.15, -0.1) is 0 Å². The van der Waals surface area contributed by atoms with Gasteiger partial charge in [0.15, 0.2) is 0 Å². The first kappa shape index (κ1) is 22.1. The minimum Gasteiger partial charge on any atom is -0.481 e. The van der Waals surface area contributed by atoms with Gasteiger partial charge in [-0.25, -0.2) is 17.5 Å². The number of unbranched alkanes of at least 4 members (excludes halogenated alkanes) is 3. The molecule has 1 saturated carbocycles. The second-order valence-corrected chi connectivity index (χ2v) is 9.37. The maximum absolute atomic E-state index is 14.2. The van der Waals surface area contributed by atoms with Crippen LogP contribution in [0.5, 0.6) is 0 Å². The highest BCUT2D eigenvalue weighted by Crippen LogP contribution is 2.37. The van der Waals surface area contributed by atoms with Crippen molar-refractivity contribution in [2.45, 2.75) is 62.4 Å². The Morgan fingerprint density at radius 1 is 1.15 bits per heavy atom. The zero-order valence-electron chi connectivity index (χ0n) is 15.2. The number of hydrogen-bond acceptors (Lipinski definition) is 3. The van der Waals surface area contributed by atoms with Gasteiger partial charge in [0.25, 0.3) is 0 Å². The van der Waals surface area contributed by atoms with Crippen molar-refractivity contribution in [1.29, 1.82) is 0 Å². The van der Waals surface area contributed by atoms with Crippen molar-refractivity contribution >= 4 is 27.6 Å². The maximum atomic E-state index is 14.2. The van der Waals surface area contributed by atoms with Crippen molar-refractivity contribution in [2.75, 3.05) is 6.54 Å². The molecule has 1 aliphatic rings. The van der Waals surface area contributed by atoms with Gasteiger partial charge in [-0.1, -0.05) is 30.9 Å². The number of sulfonamides is 1. The molecule has 2 N–H and O–H groups in total. The van der Waals surface area contributed by atoms with Gasteiger partial charge < -0.3 is 5.11 Å². The predicted octanol–water partition coefficient (Wildman–Crippen LogP) is 4.41. The summed E-state index contributed by atoms with van der Waals surface area (Å²) in [4.78, 5) is 10.6. The topological polar surface area (TPSA) is 83.5 Å². The molecule has 1 aromatic carbocycles. The summed E-state index contributed by atoms with van der Waals surface area (Å²) in [7, 11) is -3.63. The van der Waals surface area contributed by atoms with Crippen LogP contribution in [0.25, 0.3) is 0 Å². The van der Waals surface area contributed by atoms with E-state index in [2.05, 4.69) is 4.72 Å². The lowest BCUT2D eigenvalue weighted by molar-refractivity contribution is -0.137. The zero-order chi connectivity index (χ0) is 19.9. The number of carboxylic acid groups (broad SMARTS) is 1. The normalized spacial score (nSPS) is 22.8. The van der Waals surface area contributed by atoms with Crippen LogP contribution in [0.1, 0.15) is 51.4 Å². The number of halogens is 2. The van der Waals surface area contributed by atoms with Gasteiger partial charge in [0.2, 0.25) is 10.0 Å². The molecule has 5 nitrogen and oxygen atoms in total. The lowest BCUT2D eigenvalue weighted by Crippen LogP contribution is -2.32. The van der Waals surface area contributed by atoms with Crippen LogP contribution in [0, 0.1) is 11.8 Å². The molecule has 1 aliphatic carbocycles. The molecule has 0 amide bonds. The summed E-state index contributed by atoms with van der Waals surface area (Å²) in [5.74, 6) is -0.943. The van der Waals surface area contributed by atoms with Crippen molar-refractivity contribution in [1.82, 2.24) is 4.72 Å². The van der Waals surface area contributed by atoms with Crippen LogP contribution in [0.4, 0.5) is 4.39 Å². The SMILES string of the molecule is O=C(O)CCCCCC[C@@H]1[C@@H](CNS(=O)(=O)c2ccc(Cl)cc2)CC[C@H]1F. The maximum Gasteiger partial charge on any atom is 0.303 e. The molecule has 0 radical (unpaired) electrons. The molecule has 8 heteroatoms.